The van der Waals surface area contributed by atoms with Crippen LogP contribution in [0.4, 0.5) is 5.69 Å². The van der Waals surface area contributed by atoms with Crippen LogP contribution in [0.15, 0.2) is 59.7 Å². The van der Waals surface area contributed by atoms with Crippen LogP contribution in [0.3, 0.4) is 0 Å². The summed E-state index contributed by atoms with van der Waals surface area (Å²) in [6.45, 7) is 0. The number of aryl methyl sites for hydroxylation is 2. The standard InChI is InChI=1S/C27H29N3O4/c1-31-24-15-14-19(12-13-20-17-25(32-2)27(34-4)26(18-20)33-3)16-22(24)10-7-9-21-8-5-6-11-23(21)29-30-28/h5-6,8,11-18H,7,9-10H2,1-4H3/b13-12+. The van der Waals surface area contributed by atoms with E-state index in [1.165, 1.54) is 0 Å². The van der Waals surface area contributed by atoms with E-state index in [9.17, 15) is 0 Å². The highest BCUT2D eigenvalue weighted by Crippen LogP contribution is 2.38. The zero-order valence-corrected chi connectivity index (χ0v) is 19.9. The van der Waals surface area contributed by atoms with E-state index in [0.717, 1.165) is 47.3 Å². The lowest BCUT2D eigenvalue weighted by Gasteiger charge is -2.13. The van der Waals surface area contributed by atoms with E-state index < -0.39 is 0 Å². The summed E-state index contributed by atoms with van der Waals surface area (Å²) in [5, 5.41) is 3.79. The van der Waals surface area contributed by atoms with Crippen molar-refractivity contribution >= 4 is 17.8 Å². The molecule has 0 spiro atoms. The van der Waals surface area contributed by atoms with Gasteiger partial charge in [-0.2, -0.15) is 0 Å². The summed E-state index contributed by atoms with van der Waals surface area (Å²) in [4.78, 5) is 2.92. The molecule has 0 atom stereocenters. The van der Waals surface area contributed by atoms with E-state index in [2.05, 4.69) is 16.1 Å². The molecule has 3 rings (SSSR count). The van der Waals surface area contributed by atoms with Crippen LogP contribution in [0, 0.1) is 0 Å². The molecule has 0 amide bonds. The maximum atomic E-state index is 8.78. The molecule has 0 fully saturated rings. The van der Waals surface area contributed by atoms with Gasteiger partial charge in [0.05, 0.1) is 28.4 Å². The van der Waals surface area contributed by atoms with Crippen LogP contribution in [-0.2, 0) is 12.8 Å². The van der Waals surface area contributed by atoms with Gasteiger partial charge in [-0.25, -0.2) is 0 Å². The number of benzene rings is 3. The summed E-state index contributed by atoms with van der Waals surface area (Å²) in [7, 11) is 6.47. The zero-order chi connectivity index (χ0) is 24.3. The van der Waals surface area contributed by atoms with E-state index in [-0.39, 0.29) is 0 Å². The van der Waals surface area contributed by atoms with Crippen LogP contribution in [-0.4, -0.2) is 28.4 Å². The smallest absolute Gasteiger partial charge is 0.203 e. The van der Waals surface area contributed by atoms with E-state index >= 15 is 0 Å². The van der Waals surface area contributed by atoms with Gasteiger partial charge >= 0.3 is 0 Å². The Labute approximate surface area is 200 Å². The molecular formula is C27H29N3O4. The number of methoxy groups -OCH3 is 4. The molecule has 0 aromatic heterocycles. The van der Waals surface area contributed by atoms with Gasteiger partial charge in [-0.1, -0.05) is 47.6 Å². The molecule has 0 aliphatic rings. The SMILES string of the molecule is COc1ccc(/C=C/c2cc(OC)c(OC)c(OC)c2)cc1CCCc1ccccc1N=[N+]=[N-]. The predicted molar refractivity (Wildman–Crippen MR) is 135 cm³/mol. The molecule has 0 saturated carbocycles. The van der Waals surface area contributed by atoms with Crippen LogP contribution < -0.4 is 18.9 Å². The molecule has 0 aliphatic heterocycles. The lowest BCUT2D eigenvalue weighted by molar-refractivity contribution is 0.324. The van der Waals surface area contributed by atoms with Crippen molar-refractivity contribution < 1.29 is 18.9 Å². The van der Waals surface area contributed by atoms with E-state index in [0.29, 0.717) is 22.9 Å². The van der Waals surface area contributed by atoms with Gasteiger partial charge in [0.15, 0.2) is 11.5 Å². The molecule has 7 nitrogen and oxygen atoms in total. The minimum atomic E-state index is 0.566. The molecule has 0 aliphatic carbocycles. The fourth-order valence-electron chi connectivity index (χ4n) is 3.82. The van der Waals surface area contributed by atoms with Crippen LogP contribution in [0.25, 0.3) is 22.6 Å². The third kappa shape index (κ3) is 6.03. The largest absolute Gasteiger partial charge is 0.496 e. The summed E-state index contributed by atoms with van der Waals surface area (Å²) in [5.41, 5.74) is 13.6. The molecule has 0 N–H and O–H groups in total. The molecule has 3 aromatic carbocycles. The van der Waals surface area contributed by atoms with Crippen molar-refractivity contribution in [2.45, 2.75) is 19.3 Å². The average Bonchev–Trinajstić information content (AvgIpc) is 2.88. The van der Waals surface area contributed by atoms with Crippen molar-refractivity contribution in [1.82, 2.24) is 0 Å². The Kier molecular flexibility index (Phi) is 8.83. The van der Waals surface area contributed by atoms with Crippen molar-refractivity contribution in [2.75, 3.05) is 28.4 Å². The summed E-state index contributed by atoms with van der Waals surface area (Å²) < 4.78 is 21.9. The molecule has 0 heterocycles. The molecule has 0 radical (unpaired) electrons. The number of nitrogens with zero attached hydrogens (tertiary/aromatic N) is 3. The minimum Gasteiger partial charge on any atom is -0.496 e. The zero-order valence-electron chi connectivity index (χ0n) is 19.9. The first-order valence-electron chi connectivity index (χ1n) is 10.9. The maximum Gasteiger partial charge on any atom is 0.203 e. The van der Waals surface area contributed by atoms with Crippen LogP contribution in [0.5, 0.6) is 23.0 Å². The van der Waals surface area contributed by atoms with Gasteiger partial charge in [0, 0.05) is 10.6 Å². The van der Waals surface area contributed by atoms with Crippen LogP contribution >= 0.6 is 0 Å². The molecular weight excluding hydrogens is 430 g/mol. The lowest BCUT2D eigenvalue weighted by atomic mass is 10.00. The van der Waals surface area contributed by atoms with Crippen LogP contribution in [0.2, 0.25) is 0 Å². The summed E-state index contributed by atoms with van der Waals surface area (Å²) in [5.74, 6) is 2.64. The number of ether oxygens (including phenoxy) is 4. The van der Waals surface area contributed by atoms with Crippen molar-refractivity contribution in [3.63, 3.8) is 0 Å². The molecule has 176 valence electrons. The van der Waals surface area contributed by atoms with Gasteiger partial charge in [-0.3, -0.25) is 0 Å². The van der Waals surface area contributed by atoms with Gasteiger partial charge in [-0.15, -0.1) is 0 Å². The third-order valence-electron chi connectivity index (χ3n) is 5.50. The minimum absolute atomic E-state index is 0.566. The fraction of sp³-hybridized carbons (Fsp3) is 0.259. The second kappa shape index (κ2) is 12.2. The Morgan fingerprint density at radius 3 is 2.03 bits per heavy atom. The Hall–Kier alpha value is -4.09. The van der Waals surface area contributed by atoms with Crippen molar-refractivity contribution in [2.24, 2.45) is 5.11 Å². The highest BCUT2D eigenvalue weighted by atomic mass is 16.5. The van der Waals surface area contributed by atoms with E-state index in [4.69, 9.17) is 24.5 Å². The number of rotatable bonds is 11. The molecule has 34 heavy (non-hydrogen) atoms. The maximum absolute atomic E-state index is 8.78. The Morgan fingerprint density at radius 2 is 1.38 bits per heavy atom. The lowest BCUT2D eigenvalue weighted by Crippen LogP contribution is -1.96. The first-order valence-corrected chi connectivity index (χ1v) is 10.9. The average molecular weight is 460 g/mol. The second-order valence-corrected chi connectivity index (χ2v) is 7.53. The summed E-state index contributed by atoms with van der Waals surface area (Å²) >= 11 is 0. The van der Waals surface area contributed by atoms with Gasteiger partial charge in [0.1, 0.15) is 5.75 Å². The quantitative estimate of drug-likeness (QED) is 0.134. The number of azide groups is 1. The van der Waals surface area contributed by atoms with Crippen molar-refractivity contribution in [3.8, 4) is 23.0 Å². The molecule has 0 unspecified atom stereocenters. The number of hydrogen-bond donors (Lipinski definition) is 0. The Balaban J connectivity index is 1.78. The van der Waals surface area contributed by atoms with E-state index in [1.54, 1.807) is 28.4 Å². The third-order valence-corrected chi connectivity index (χ3v) is 5.50. The summed E-state index contributed by atoms with van der Waals surface area (Å²) in [6.07, 6.45) is 6.59. The van der Waals surface area contributed by atoms with Crippen LogP contribution in [0.1, 0.15) is 28.7 Å². The summed E-state index contributed by atoms with van der Waals surface area (Å²) in [6, 6.07) is 17.6. The second-order valence-electron chi connectivity index (χ2n) is 7.53. The monoisotopic (exact) mass is 459 g/mol. The highest BCUT2D eigenvalue weighted by molar-refractivity contribution is 5.73. The Bertz CT molecular complexity index is 1180. The molecule has 7 heteroatoms. The fourth-order valence-corrected chi connectivity index (χ4v) is 3.82. The van der Waals surface area contributed by atoms with Crippen molar-refractivity contribution in [3.05, 3.63) is 87.3 Å². The Morgan fingerprint density at radius 1 is 0.735 bits per heavy atom. The normalized spacial score (nSPS) is 10.6. The van der Waals surface area contributed by atoms with Gasteiger partial charge in [0.25, 0.3) is 0 Å². The highest BCUT2D eigenvalue weighted by Gasteiger charge is 2.12. The van der Waals surface area contributed by atoms with Gasteiger partial charge < -0.3 is 18.9 Å². The van der Waals surface area contributed by atoms with Gasteiger partial charge in [0.2, 0.25) is 5.75 Å². The topological polar surface area (TPSA) is 85.7 Å². The van der Waals surface area contributed by atoms with Crippen molar-refractivity contribution in [1.29, 1.82) is 0 Å². The predicted octanol–water partition coefficient (Wildman–Crippen LogP) is 7.01. The first-order chi connectivity index (χ1) is 16.6. The van der Waals surface area contributed by atoms with E-state index in [1.807, 2.05) is 60.7 Å². The number of hydrogen-bond acceptors (Lipinski definition) is 5. The first kappa shape index (κ1) is 24.6. The molecule has 3 aromatic rings. The molecule has 0 saturated heterocycles. The van der Waals surface area contributed by atoms with Gasteiger partial charge in [-0.05, 0) is 71.3 Å². The molecule has 0 bridgehead atoms.